The number of aromatic nitrogens is 5. The van der Waals surface area contributed by atoms with Gasteiger partial charge in [-0.3, -0.25) is 4.79 Å². The average molecular weight is 503 g/mol. The molecule has 1 saturated heterocycles. The highest BCUT2D eigenvalue weighted by Gasteiger charge is 2.34. The van der Waals surface area contributed by atoms with Crippen LogP contribution in [0, 0.1) is 5.92 Å². The molecule has 0 spiro atoms. The van der Waals surface area contributed by atoms with Gasteiger partial charge >= 0.3 is 6.18 Å². The summed E-state index contributed by atoms with van der Waals surface area (Å²) < 4.78 is 41.3. The molecule has 1 aliphatic heterocycles. The molecular weight excluding hydrogens is 473 g/mol. The van der Waals surface area contributed by atoms with E-state index >= 15 is 0 Å². The molecule has 1 aliphatic carbocycles. The van der Waals surface area contributed by atoms with Crippen LogP contribution < -0.4 is 15.5 Å². The molecule has 9 nitrogen and oxygen atoms in total. The maximum Gasteiger partial charge on any atom is 0.416 e. The maximum absolute atomic E-state index is 13.1. The van der Waals surface area contributed by atoms with E-state index in [1.807, 2.05) is 23.3 Å². The third-order valence-electron chi connectivity index (χ3n) is 6.88. The Labute approximate surface area is 206 Å². The Hall–Kier alpha value is -3.44. The second kappa shape index (κ2) is 9.55. The van der Waals surface area contributed by atoms with E-state index < -0.39 is 11.7 Å². The van der Waals surface area contributed by atoms with E-state index in [4.69, 9.17) is 0 Å². The van der Waals surface area contributed by atoms with Gasteiger partial charge in [0.25, 0.3) is 0 Å². The Morgan fingerprint density at radius 3 is 2.75 bits per heavy atom. The number of anilines is 2. The number of nitrogens with one attached hydrogen (secondary N) is 2. The molecule has 2 unspecified atom stereocenters. The fourth-order valence-electron chi connectivity index (χ4n) is 5.12. The number of pyridine rings is 1. The smallest absolute Gasteiger partial charge is 0.364 e. The van der Waals surface area contributed by atoms with Gasteiger partial charge in [0, 0.05) is 43.3 Å². The second-order valence-corrected chi connectivity index (χ2v) is 9.85. The SMILES string of the molecule is CC(C)NC(=O)C1CCC(n2cnc3c(N[C@H]4CCN(c5cc(C(F)(F)F)ccn5)C4)ncnc32)C1. The van der Waals surface area contributed by atoms with Crippen molar-refractivity contribution in [3.63, 3.8) is 0 Å². The molecule has 3 aromatic rings. The lowest BCUT2D eigenvalue weighted by molar-refractivity contribution is -0.137. The standard InChI is InChI=1S/C24H29F3N8O/c1-14(2)32-23(36)15-3-4-18(9-15)35-13-31-20-21(29-12-30-22(20)35)33-17-6-8-34(11-17)19-10-16(5-7-28-19)24(25,26)27/h5,7,10,12-15,17-18H,3-4,6,8-9,11H2,1-2H3,(H,32,36)(H,29,30,33)/t15?,17-,18?/m0/s1. The highest BCUT2D eigenvalue weighted by atomic mass is 19.4. The Kier molecular flexibility index (Phi) is 6.44. The summed E-state index contributed by atoms with van der Waals surface area (Å²) in [5.74, 6) is 0.969. The third-order valence-corrected chi connectivity index (χ3v) is 6.88. The van der Waals surface area contributed by atoms with Crippen LogP contribution >= 0.6 is 0 Å². The van der Waals surface area contributed by atoms with E-state index in [2.05, 4.69) is 30.6 Å². The minimum atomic E-state index is -4.40. The van der Waals surface area contributed by atoms with Crippen molar-refractivity contribution in [2.24, 2.45) is 5.92 Å². The van der Waals surface area contributed by atoms with Crippen LogP contribution in [0.2, 0.25) is 0 Å². The van der Waals surface area contributed by atoms with Crippen molar-refractivity contribution in [1.29, 1.82) is 0 Å². The molecule has 0 aromatic carbocycles. The monoisotopic (exact) mass is 502 g/mol. The van der Waals surface area contributed by atoms with E-state index in [1.165, 1.54) is 12.5 Å². The molecule has 1 amide bonds. The zero-order valence-corrected chi connectivity index (χ0v) is 20.2. The highest BCUT2D eigenvalue weighted by molar-refractivity contribution is 5.83. The minimum absolute atomic E-state index is 0.0248. The summed E-state index contributed by atoms with van der Waals surface area (Å²) in [6.07, 6.45) is 3.18. The fraction of sp³-hybridized carbons (Fsp3) is 0.542. The van der Waals surface area contributed by atoms with Gasteiger partial charge in [-0.15, -0.1) is 0 Å². The van der Waals surface area contributed by atoms with Gasteiger partial charge in [0.05, 0.1) is 11.9 Å². The minimum Gasteiger partial charge on any atom is -0.364 e. The van der Waals surface area contributed by atoms with Crippen LogP contribution in [0.25, 0.3) is 11.2 Å². The number of fused-ring (bicyclic) bond motifs is 1. The van der Waals surface area contributed by atoms with Crippen LogP contribution in [0.15, 0.2) is 31.0 Å². The van der Waals surface area contributed by atoms with Crippen LogP contribution in [0.1, 0.15) is 51.1 Å². The van der Waals surface area contributed by atoms with Gasteiger partial charge in [-0.1, -0.05) is 0 Å². The van der Waals surface area contributed by atoms with E-state index in [0.29, 0.717) is 35.9 Å². The summed E-state index contributed by atoms with van der Waals surface area (Å²) in [5, 5.41) is 6.40. The van der Waals surface area contributed by atoms with Crippen molar-refractivity contribution < 1.29 is 18.0 Å². The van der Waals surface area contributed by atoms with E-state index in [-0.39, 0.29) is 30.0 Å². The lowest BCUT2D eigenvalue weighted by atomic mass is 10.1. The molecule has 5 rings (SSSR count). The van der Waals surface area contributed by atoms with Gasteiger partial charge in [0.1, 0.15) is 17.7 Å². The lowest BCUT2D eigenvalue weighted by Gasteiger charge is -2.19. The molecular formula is C24H29F3N8O. The van der Waals surface area contributed by atoms with Crippen LogP contribution in [-0.2, 0) is 11.0 Å². The van der Waals surface area contributed by atoms with Crippen molar-refractivity contribution in [3.8, 4) is 0 Å². The van der Waals surface area contributed by atoms with E-state index in [0.717, 1.165) is 37.8 Å². The predicted octanol–water partition coefficient (Wildman–Crippen LogP) is 3.80. The van der Waals surface area contributed by atoms with Crippen LogP contribution in [0.4, 0.5) is 24.8 Å². The Morgan fingerprint density at radius 1 is 1.14 bits per heavy atom. The molecule has 36 heavy (non-hydrogen) atoms. The molecule has 0 bridgehead atoms. The number of alkyl halides is 3. The molecule has 4 heterocycles. The average Bonchev–Trinajstić information content (AvgIpc) is 3.58. The molecule has 0 radical (unpaired) electrons. The number of imidazole rings is 1. The first-order valence-electron chi connectivity index (χ1n) is 12.2. The summed E-state index contributed by atoms with van der Waals surface area (Å²) in [5.41, 5.74) is 0.642. The first-order chi connectivity index (χ1) is 17.2. The molecule has 12 heteroatoms. The maximum atomic E-state index is 13.1. The number of hydrogen-bond donors (Lipinski definition) is 2. The quantitative estimate of drug-likeness (QED) is 0.529. The zero-order chi connectivity index (χ0) is 25.4. The first kappa shape index (κ1) is 24.3. The Bertz CT molecular complexity index is 1240. The van der Waals surface area contributed by atoms with E-state index in [1.54, 1.807) is 6.33 Å². The number of halogens is 3. The van der Waals surface area contributed by atoms with Crippen molar-refractivity contribution >= 4 is 28.7 Å². The molecule has 1 saturated carbocycles. The fourth-order valence-corrected chi connectivity index (χ4v) is 5.12. The van der Waals surface area contributed by atoms with Crippen LogP contribution in [0.3, 0.4) is 0 Å². The highest BCUT2D eigenvalue weighted by Crippen LogP contribution is 2.37. The first-order valence-corrected chi connectivity index (χ1v) is 12.2. The summed E-state index contributed by atoms with van der Waals surface area (Å²) in [6, 6.07) is 2.29. The number of nitrogens with zero attached hydrogens (tertiary/aromatic N) is 6. The lowest BCUT2D eigenvalue weighted by Crippen LogP contribution is -2.34. The number of rotatable bonds is 6. The molecule has 2 fully saturated rings. The van der Waals surface area contributed by atoms with E-state index in [9.17, 15) is 18.0 Å². The number of carbonyl (C=O) groups excluding carboxylic acids is 1. The summed E-state index contributed by atoms with van der Waals surface area (Å²) in [6.45, 7) is 4.99. The molecule has 3 atom stereocenters. The van der Waals surface area contributed by atoms with Crippen molar-refractivity contribution in [3.05, 3.63) is 36.5 Å². The van der Waals surface area contributed by atoms with Gasteiger partial charge in [-0.2, -0.15) is 13.2 Å². The second-order valence-electron chi connectivity index (χ2n) is 9.85. The van der Waals surface area contributed by atoms with Gasteiger partial charge in [-0.25, -0.2) is 19.9 Å². The van der Waals surface area contributed by atoms with Crippen LogP contribution in [0.5, 0.6) is 0 Å². The number of carbonyl (C=O) groups is 1. The van der Waals surface area contributed by atoms with Crippen LogP contribution in [-0.4, -0.2) is 55.6 Å². The largest absolute Gasteiger partial charge is 0.416 e. The summed E-state index contributed by atoms with van der Waals surface area (Å²) in [4.78, 5) is 31.8. The van der Waals surface area contributed by atoms with Gasteiger partial charge in [0.2, 0.25) is 5.91 Å². The molecule has 2 N–H and O–H groups in total. The van der Waals surface area contributed by atoms with Gasteiger partial charge < -0.3 is 20.1 Å². The summed E-state index contributed by atoms with van der Waals surface area (Å²) in [7, 11) is 0. The Balaban J connectivity index is 1.27. The third kappa shape index (κ3) is 4.93. The number of amides is 1. The number of hydrogen-bond acceptors (Lipinski definition) is 7. The molecule has 192 valence electrons. The zero-order valence-electron chi connectivity index (χ0n) is 20.2. The van der Waals surface area contributed by atoms with Gasteiger partial charge in [0.15, 0.2) is 11.5 Å². The molecule has 3 aromatic heterocycles. The van der Waals surface area contributed by atoms with Crippen molar-refractivity contribution in [2.45, 2.75) is 63.8 Å². The predicted molar refractivity (Wildman–Crippen MR) is 128 cm³/mol. The normalized spacial score (nSPS) is 22.5. The Morgan fingerprint density at radius 2 is 1.97 bits per heavy atom. The van der Waals surface area contributed by atoms with Crippen molar-refractivity contribution in [1.82, 2.24) is 29.8 Å². The van der Waals surface area contributed by atoms with Gasteiger partial charge in [-0.05, 0) is 51.7 Å². The topological polar surface area (TPSA) is 101 Å². The summed E-state index contributed by atoms with van der Waals surface area (Å²) >= 11 is 0. The van der Waals surface area contributed by atoms with Crippen molar-refractivity contribution in [2.75, 3.05) is 23.3 Å². The molecule has 2 aliphatic rings.